The summed E-state index contributed by atoms with van der Waals surface area (Å²) in [4.78, 5) is 0. The third-order valence-corrected chi connectivity index (χ3v) is 4.11. The van der Waals surface area contributed by atoms with E-state index in [0.29, 0.717) is 6.04 Å². The van der Waals surface area contributed by atoms with Gasteiger partial charge in [0.05, 0.1) is 0 Å². The molecule has 2 nitrogen and oxygen atoms in total. The van der Waals surface area contributed by atoms with Crippen molar-refractivity contribution in [2.75, 3.05) is 13.2 Å². The van der Waals surface area contributed by atoms with Crippen molar-refractivity contribution in [1.29, 1.82) is 0 Å². The molecular formula is C18H29NO. The number of ether oxygens (including phenoxy) is 1. The first kappa shape index (κ1) is 15.4. The molecule has 1 fully saturated rings. The van der Waals surface area contributed by atoms with E-state index in [1.54, 1.807) is 0 Å². The van der Waals surface area contributed by atoms with Gasteiger partial charge in [-0.15, -0.1) is 0 Å². The normalized spacial score (nSPS) is 17.1. The Morgan fingerprint density at radius 2 is 1.90 bits per heavy atom. The Morgan fingerprint density at radius 1 is 1.15 bits per heavy atom. The fraction of sp³-hybridized carbons (Fsp3) is 0.667. The van der Waals surface area contributed by atoms with Crippen molar-refractivity contribution in [3.05, 3.63) is 29.8 Å². The van der Waals surface area contributed by atoms with Gasteiger partial charge in [-0.3, -0.25) is 0 Å². The molecule has 2 rings (SSSR count). The SMILES string of the molecule is CC(C)(C)c1cccc(OCCNC2CCCCC2)c1. The molecule has 0 radical (unpaired) electrons. The summed E-state index contributed by atoms with van der Waals surface area (Å²) in [5.41, 5.74) is 1.51. The van der Waals surface area contributed by atoms with Crippen LogP contribution in [0.1, 0.15) is 58.4 Å². The van der Waals surface area contributed by atoms with E-state index in [0.717, 1.165) is 18.9 Å². The first-order chi connectivity index (χ1) is 9.55. The van der Waals surface area contributed by atoms with Crippen LogP contribution in [0.15, 0.2) is 24.3 Å². The molecule has 0 unspecified atom stereocenters. The Kier molecular flexibility index (Phi) is 5.47. The van der Waals surface area contributed by atoms with Crippen molar-refractivity contribution < 1.29 is 4.74 Å². The topological polar surface area (TPSA) is 21.3 Å². The zero-order valence-corrected chi connectivity index (χ0v) is 13.2. The summed E-state index contributed by atoms with van der Waals surface area (Å²) in [5, 5.41) is 3.61. The lowest BCUT2D eigenvalue weighted by molar-refractivity contribution is 0.289. The predicted molar refractivity (Wildman–Crippen MR) is 85.5 cm³/mol. The van der Waals surface area contributed by atoms with Gasteiger partial charge in [-0.25, -0.2) is 0 Å². The Labute approximate surface area is 123 Å². The highest BCUT2D eigenvalue weighted by Gasteiger charge is 2.14. The van der Waals surface area contributed by atoms with Crippen molar-refractivity contribution >= 4 is 0 Å². The molecule has 0 saturated heterocycles. The van der Waals surface area contributed by atoms with Crippen molar-refractivity contribution in [3.8, 4) is 5.75 Å². The number of hydrogen-bond acceptors (Lipinski definition) is 2. The molecule has 1 N–H and O–H groups in total. The van der Waals surface area contributed by atoms with Gasteiger partial charge >= 0.3 is 0 Å². The van der Waals surface area contributed by atoms with E-state index in [-0.39, 0.29) is 5.41 Å². The number of nitrogens with one attached hydrogen (secondary N) is 1. The van der Waals surface area contributed by atoms with E-state index < -0.39 is 0 Å². The lowest BCUT2D eigenvalue weighted by Crippen LogP contribution is -2.34. The van der Waals surface area contributed by atoms with Gasteiger partial charge < -0.3 is 10.1 Å². The van der Waals surface area contributed by atoms with Crippen LogP contribution in [0.3, 0.4) is 0 Å². The highest BCUT2D eigenvalue weighted by molar-refractivity contribution is 5.32. The fourth-order valence-electron chi connectivity index (χ4n) is 2.79. The minimum Gasteiger partial charge on any atom is -0.492 e. The molecular weight excluding hydrogens is 246 g/mol. The molecule has 0 aliphatic heterocycles. The molecule has 1 saturated carbocycles. The lowest BCUT2D eigenvalue weighted by atomic mass is 9.87. The second-order valence-corrected chi connectivity index (χ2v) is 6.92. The van der Waals surface area contributed by atoms with Crippen LogP contribution < -0.4 is 10.1 Å². The number of benzene rings is 1. The van der Waals surface area contributed by atoms with Gasteiger partial charge in [-0.1, -0.05) is 52.2 Å². The fourth-order valence-corrected chi connectivity index (χ4v) is 2.79. The molecule has 0 spiro atoms. The van der Waals surface area contributed by atoms with Crippen LogP contribution in [-0.4, -0.2) is 19.2 Å². The monoisotopic (exact) mass is 275 g/mol. The smallest absolute Gasteiger partial charge is 0.119 e. The molecule has 1 aromatic carbocycles. The second-order valence-electron chi connectivity index (χ2n) is 6.92. The largest absolute Gasteiger partial charge is 0.492 e. The third-order valence-electron chi connectivity index (χ3n) is 4.11. The van der Waals surface area contributed by atoms with Gasteiger partial charge in [-0.05, 0) is 36.0 Å². The Balaban J connectivity index is 1.73. The summed E-state index contributed by atoms with van der Waals surface area (Å²) < 4.78 is 5.87. The van der Waals surface area contributed by atoms with Gasteiger partial charge in [0.2, 0.25) is 0 Å². The Morgan fingerprint density at radius 3 is 2.60 bits per heavy atom. The second kappa shape index (κ2) is 7.12. The average molecular weight is 275 g/mol. The first-order valence-electron chi connectivity index (χ1n) is 8.02. The van der Waals surface area contributed by atoms with Crippen LogP contribution in [0.4, 0.5) is 0 Å². The molecule has 1 aliphatic carbocycles. The molecule has 0 heterocycles. The molecule has 0 aromatic heterocycles. The van der Waals surface area contributed by atoms with Gasteiger partial charge in [0.25, 0.3) is 0 Å². The lowest BCUT2D eigenvalue weighted by Gasteiger charge is -2.23. The minimum atomic E-state index is 0.180. The summed E-state index contributed by atoms with van der Waals surface area (Å²) in [7, 11) is 0. The highest BCUT2D eigenvalue weighted by Crippen LogP contribution is 2.25. The van der Waals surface area contributed by atoms with E-state index in [2.05, 4.69) is 50.4 Å². The van der Waals surface area contributed by atoms with E-state index in [1.807, 2.05) is 0 Å². The summed E-state index contributed by atoms with van der Waals surface area (Å²) in [6.07, 6.45) is 6.84. The standard InChI is InChI=1S/C18H29NO/c1-18(2,3)15-8-7-11-17(14-15)20-13-12-19-16-9-5-4-6-10-16/h7-8,11,14,16,19H,4-6,9-10,12-13H2,1-3H3. The van der Waals surface area contributed by atoms with Crippen molar-refractivity contribution in [3.63, 3.8) is 0 Å². The van der Waals surface area contributed by atoms with Crippen LogP contribution in [0.5, 0.6) is 5.75 Å². The van der Waals surface area contributed by atoms with Crippen molar-refractivity contribution in [2.45, 2.75) is 64.3 Å². The maximum atomic E-state index is 5.87. The van der Waals surface area contributed by atoms with Crippen molar-refractivity contribution in [2.24, 2.45) is 0 Å². The molecule has 2 heteroatoms. The van der Waals surface area contributed by atoms with Crippen molar-refractivity contribution in [1.82, 2.24) is 5.32 Å². The van der Waals surface area contributed by atoms with Gasteiger partial charge in [-0.2, -0.15) is 0 Å². The summed E-state index contributed by atoms with van der Waals surface area (Å²) >= 11 is 0. The van der Waals surface area contributed by atoms with E-state index in [9.17, 15) is 0 Å². The maximum Gasteiger partial charge on any atom is 0.119 e. The molecule has 112 valence electrons. The summed E-state index contributed by atoms with van der Waals surface area (Å²) in [6.45, 7) is 8.40. The quantitative estimate of drug-likeness (QED) is 0.810. The van der Waals surface area contributed by atoms with Crippen LogP contribution in [0.2, 0.25) is 0 Å². The van der Waals surface area contributed by atoms with Crippen LogP contribution in [-0.2, 0) is 5.41 Å². The number of rotatable bonds is 5. The zero-order chi connectivity index (χ0) is 14.4. The summed E-state index contributed by atoms with van der Waals surface area (Å²) in [5.74, 6) is 0.989. The molecule has 1 aliphatic rings. The van der Waals surface area contributed by atoms with Crippen LogP contribution in [0.25, 0.3) is 0 Å². The highest BCUT2D eigenvalue weighted by atomic mass is 16.5. The van der Waals surface area contributed by atoms with E-state index in [1.165, 1.54) is 37.7 Å². The molecule has 1 aromatic rings. The van der Waals surface area contributed by atoms with Gasteiger partial charge in [0.1, 0.15) is 12.4 Å². The van der Waals surface area contributed by atoms with E-state index in [4.69, 9.17) is 4.74 Å². The van der Waals surface area contributed by atoms with Gasteiger partial charge in [0, 0.05) is 12.6 Å². The average Bonchev–Trinajstić information content (AvgIpc) is 2.44. The van der Waals surface area contributed by atoms with Crippen LogP contribution in [0, 0.1) is 0 Å². The molecule has 20 heavy (non-hydrogen) atoms. The number of hydrogen-bond donors (Lipinski definition) is 1. The van der Waals surface area contributed by atoms with E-state index >= 15 is 0 Å². The zero-order valence-electron chi connectivity index (χ0n) is 13.2. The Hall–Kier alpha value is -1.02. The summed E-state index contributed by atoms with van der Waals surface area (Å²) in [6, 6.07) is 9.20. The third kappa shape index (κ3) is 4.82. The maximum absolute atomic E-state index is 5.87. The predicted octanol–water partition coefficient (Wildman–Crippen LogP) is 4.29. The molecule has 0 atom stereocenters. The first-order valence-corrected chi connectivity index (χ1v) is 8.02. The molecule has 0 bridgehead atoms. The molecule has 0 amide bonds. The minimum absolute atomic E-state index is 0.180. The van der Waals surface area contributed by atoms with Gasteiger partial charge in [0.15, 0.2) is 0 Å². The van der Waals surface area contributed by atoms with Crippen LogP contribution >= 0.6 is 0 Å². The Bertz CT molecular complexity index is 402.